The van der Waals surface area contributed by atoms with E-state index in [1.54, 1.807) is 0 Å². The van der Waals surface area contributed by atoms with Crippen LogP contribution < -0.4 is 0 Å². The molecule has 0 nitrogen and oxygen atoms in total. The number of rotatable bonds is 3. The third kappa shape index (κ3) is 3.94. The number of hydrogen-bond acceptors (Lipinski definition) is 0. The molecule has 0 rings (SSSR count). The highest BCUT2D eigenvalue weighted by Gasteiger charge is 2.27. The van der Waals surface area contributed by atoms with Gasteiger partial charge in [-0.2, -0.15) is 0 Å². The second kappa shape index (κ2) is 5.40. The van der Waals surface area contributed by atoms with Crippen molar-refractivity contribution in [2.24, 2.45) is 0 Å². The lowest BCUT2D eigenvalue weighted by atomic mass is 10.3. The van der Waals surface area contributed by atoms with Crippen LogP contribution in [0.1, 0.15) is 0 Å². The monoisotopic (exact) mass is 262 g/mol. The molecule has 0 aromatic heterocycles. The quantitative estimate of drug-likeness (QED) is 0.680. The molecule has 10 heavy (non-hydrogen) atoms. The van der Waals surface area contributed by atoms with E-state index >= 15 is 0 Å². The summed E-state index contributed by atoms with van der Waals surface area (Å²) in [6, 6.07) is 0. The lowest BCUT2D eigenvalue weighted by Crippen LogP contribution is -2.26. The summed E-state index contributed by atoms with van der Waals surface area (Å²) in [5.74, 6) is 0. The molecule has 0 fully saturated rings. The maximum absolute atomic E-state index is 5.60. The first kappa shape index (κ1) is 11.7. The van der Waals surface area contributed by atoms with Gasteiger partial charge >= 0.3 is 0 Å². The fourth-order valence-corrected chi connectivity index (χ4v) is 1.49. The van der Waals surface area contributed by atoms with Gasteiger partial charge in [0.05, 0.1) is 10.8 Å². The molecule has 62 valence electrons. The van der Waals surface area contributed by atoms with E-state index in [1.807, 2.05) is 0 Å². The summed E-state index contributed by atoms with van der Waals surface area (Å²) < 4.78 is 0. The van der Waals surface area contributed by atoms with Crippen molar-refractivity contribution in [3.63, 3.8) is 0 Å². The van der Waals surface area contributed by atoms with Crippen LogP contribution >= 0.6 is 69.6 Å². The van der Waals surface area contributed by atoms with Gasteiger partial charge in [0.25, 0.3) is 0 Å². The molecule has 0 aliphatic heterocycles. The van der Waals surface area contributed by atoms with Gasteiger partial charge in [0, 0.05) is 0 Å². The molecule has 0 radical (unpaired) electrons. The van der Waals surface area contributed by atoms with E-state index in [2.05, 4.69) is 0 Å². The minimum Gasteiger partial charge on any atom is -0.118 e. The average Bonchev–Trinajstić information content (AvgIpc) is 1.84. The van der Waals surface area contributed by atoms with Crippen molar-refractivity contribution >= 4 is 69.6 Å². The molecule has 0 amide bonds. The zero-order valence-electron chi connectivity index (χ0n) is 4.58. The molecule has 0 spiro atoms. The Hall–Kier alpha value is 1.74. The van der Waals surface area contributed by atoms with Crippen molar-refractivity contribution in [3.05, 3.63) is 0 Å². The predicted molar refractivity (Wildman–Crippen MR) is 50.3 cm³/mol. The molecule has 0 aliphatic rings. The van der Waals surface area contributed by atoms with Crippen LogP contribution in [-0.2, 0) is 0 Å². The average molecular weight is 265 g/mol. The Balaban J connectivity index is 3.81. The smallest absolute Gasteiger partial charge is 0.118 e. The number of alkyl halides is 6. The molecule has 0 aliphatic carbocycles. The van der Waals surface area contributed by atoms with Crippen molar-refractivity contribution in [3.8, 4) is 0 Å². The zero-order valence-corrected chi connectivity index (χ0v) is 9.11. The largest absolute Gasteiger partial charge is 0.125 e. The highest BCUT2D eigenvalue weighted by atomic mass is 35.5. The van der Waals surface area contributed by atoms with Crippen LogP contribution in [0.15, 0.2) is 0 Å². The minimum atomic E-state index is -0.760. The fourth-order valence-electron chi connectivity index (χ4n) is 0.278. The van der Waals surface area contributed by atoms with Crippen molar-refractivity contribution in [2.75, 3.05) is 0 Å². The Morgan fingerprint density at radius 1 is 0.500 bits per heavy atom. The summed E-state index contributed by atoms with van der Waals surface area (Å²) in [7, 11) is 0. The Kier molecular flexibility index (Phi) is 6.34. The maximum atomic E-state index is 5.60. The van der Waals surface area contributed by atoms with E-state index in [1.165, 1.54) is 0 Å². The molecular weight excluding hydrogens is 261 g/mol. The highest BCUT2D eigenvalue weighted by Crippen LogP contribution is 2.27. The number of hydrogen-bond donors (Lipinski definition) is 0. The second-order valence-electron chi connectivity index (χ2n) is 1.56. The van der Waals surface area contributed by atoms with E-state index in [4.69, 9.17) is 69.6 Å². The van der Waals surface area contributed by atoms with Crippen LogP contribution in [0.2, 0.25) is 0 Å². The summed E-state index contributed by atoms with van der Waals surface area (Å²) in [4.78, 5) is -1.52. The molecule has 0 saturated carbocycles. The number of halogens is 6. The Morgan fingerprint density at radius 2 is 0.700 bits per heavy atom. The van der Waals surface area contributed by atoms with Crippen molar-refractivity contribution < 1.29 is 0 Å². The normalized spacial score (nSPS) is 18.0. The van der Waals surface area contributed by atoms with E-state index < -0.39 is 20.4 Å². The lowest BCUT2D eigenvalue weighted by molar-refractivity contribution is 0.855. The van der Waals surface area contributed by atoms with Crippen LogP contribution in [0.3, 0.4) is 0 Å². The molecule has 0 aromatic rings. The molecule has 0 aromatic carbocycles. The van der Waals surface area contributed by atoms with E-state index in [9.17, 15) is 0 Å². The van der Waals surface area contributed by atoms with Gasteiger partial charge in [-0.15, -0.1) is 69.6 Å². The van der Waals surface area contributed by atoms with Gasteiger partial charge in [0.1, 0.15) is 9.67 Å². The van der Waals surface area contributed by atoms with Gasteiger partial charge in [-0.25, -0.2) is 0 Å². The molecule has 0 N–H and O–H groups in total. The molecule has 0 saturated heterocycles. The van der Waals surface area contributed by atoms with Crippen LogP contribution in [-0.4, -0.2) is 20.4 Å². The first-order valence-corrected chi connectivity index (χ1v) is 4.93. The predicted octanol–water partition coefficient (Wildman–Crippen LogP) is 3.81. The zero-order chi connectivity index (χ0) is 8.31. The molecule has 0 unspecified atom stereocenters. The van der Waals surface area contributed by atoms with Crippen molar-refractivity contribution in [1.82, 2.24) is 0 Å². The third-order valence-corrected chi connectivity index (χ3v) is 3.56. The van der Waals surface area contributed by atoms with Crippen LogP contribution in [0.5, 0.6) is 0 Å². The van der Waals surface area contributed by atoms with Gasteiger partial charge in [-0.3, -0.25) is 0 Å². The first-order chi connectivity index (χ1) is 4.46. The highest BCUT2D eigenvalue weighted by molar-refractivity contribution is 6.53. The van der Waals surface area contributed by atoms with Crippen LogP contribution in [0.4, 0.5) is 0 Å². The summed E-state index contributed by atoms with van der Waals surface area (Å²) in [6.45, 7) is 0. The Labute approximate surface area is 89.7 Å². The van der Waals surface area contributed by atoms with Gasteiger partial charge in [-0.1, -0.05) is 0 Å². The van der Waals surface area contributed by atoms with Gasteiger partial charge in [-0.05, 0) is 0 Å². The molecule has 6 heteroatoms. The first-order valence-electron chi connectivity index (χ1n) is 2.31. The maximum Gasteiger partial charge on any atom is 0.125 e. The van der Waals surface area contributed by atoms with Gasteiger partial charge in [0.15, 0.2) is 0 Å². The standard InChI is InChI=1S/C4H4Cl6/c5-1(3(7)8)2(6)4(9)10/h1-4H/t1-,2-/m1/s1. The van der Waals surface area contributed by atoms with E-state index in [0.29, 0.717) is 0 Å². The van der Waals surface area contributed by atoms with Gasteiger partial charge < -0.3 is 0 Å². The van der Waals surface area contributed by atoms with E-state index in [0.717, 1.165) is 0 Å². The van der Waals surface area contributed by atoms with E-state index in [-0.39, 0.29) is 0 Å². The van der Waals surface area contributed by atoms with Crippen LogP contribution in [0.25, 0.3) is 0 Å². The molecule has 0 heterocycles. The summed E-state index contributed by atoms with van der Waals surface area (Å²) >= 11 is 32.8. The van der Waals surface area contributed by atoms with Crippen molar-refractivity contribution in [2.45, 2.75) is 20.4 Å². The minimum absolute atomic E-state index is 0.634. The fraction of sp³-hybridized carbons (Fsp3) is 1.00. The second-order valence-corrected chi connectivity index (χ2v) is 4.89. The Bertz CT molecular complexity index is 79.7. The molecular formula is C4H4Cl6. The summed E-state index contributed by atoms with van der Waals surface area (Å²) in [5, 5.41) is -1.27. The summed E-state index contributed by atoms with van der Waals surface area (Å²) in [6.07, 6.45) is 0. The van der Waals surface area contributed by atoms with Crippen molar-refractivity contribution in [1.29, 1.82) is 0 Å². The van der Waals surface area contributed by atoms with Gasteiger partial charge in [0.2, 0.25) is 0 Å². The molecule has 2 atom stereocenters. The topological polar surface area (TPSA) is 0 Å². The summed E-state index contributed by atoms with van der Waals surface area (Å²) in [5.41, 5.74) is 0. The Morgan fingerprint density at radius 3 is 0.800 bits per heavy atom. The molecule has 0 bridgehead atoms. The third-order valence-electron chi connectivity index (χ3n) is 0.786. The lowest BCUT2D eigenvalue weighted by Gasteiger charge is -2.16. The van der Waals surface area contributed by atoms with Crippen LogP contribution in [0, 0.1) is 0 Å². The SMILES string of the molecule is ClC(Cl)[C@H](Cl)[C@@H](Cl)C(Cl)Cl.